The molecule has 2 bridgehead atoms. The first-order valence-electron chi connectivity index (χ1n) is 10.1. The second-order valence-electron chi connectivity index (χ2n) is 8.07. The van der Waals surface area contributed by atoms with E-state index in [2.05, 4.69) is 30.7 Å². The molecule has 0 spiro atoms. The van der Waals surface area contributed by atoms with Gasteiger partial charge in [0.05, 0.1) is 10.3 Å². The number of nitrogens with zero attached hydrogens (tertiary/aromatic N) is 2. The lowest BCUT2D eigenvalue weighted by Crippen LogP contribution is -2.71. The first-order valence-corrected chi connectivity index (χ1v) is 11.3. The molecule has 32 heavy (non-hydrogen) atoms. The van der Waals surface area contributed by atoms with Crippen LogP contribution in [0.5, 0.6) is 0 Å². The number of rotatable bonds is 5. The fraction of sp³-hybridized carbons (Fsp3) is 0.476. The number of nitro benzene ring substituents is 1. The maximum absolute atomic E-state index is 11.4. The molecule has 1 aliphatic carbocycles. The Morgan fingerprint density at radius 3 is 2.16 bits per heavy atom. The molecule has 0 radical (unpaired) electrons. The van der Waals surface area contributed by atoms with Crippen LogP contribution >= 0.6 is 0 Å². The zero-order valence-corrected chi connectivity index (χ0v) is 18.9. The van der Waals surface area contributed by atoms with Gasteiger partial charge in [-0.2, -0.15) is 4.57 Å². The number of benzene rings is 1. The van der Waals surface area contributed by atoms with E-state index in [0.29, 0.717) is 13.2 Å². The average Bonchev–Trinajstić information content (AvgIpc) is 2.69. The summed E-state index contributed by atoms with van der Waals surface area (Å²) in [5.41, 5.74) is 2.84. The minimum atomic E-state index is -4.94. The Hall–Kier alpha value is -2.18. The van der Waals surface area contributed by atoms with Crippen molar-refractivity contribution in [3.05, 3.63) is 69.5 Å². The molecule has 0 fully saturated rings. The maximum atomic E-state index is 11.4. The molecule has 174 valence electrons. The van der Waals surface area contributed by atoms with Crippen LogP contribution in [0.4, 0.5) is 5.69 Å². The summed E-state index contributed by atoms with van der Waals surface area (Å²) in [5, 5.41) is 11.4. The summed E-state index contributed by atoms with van der Waals surface area (Å²) in [7, 11) is -4.94. The Labute approximate surface area is 187 Å². The van der Waals surface area contributed by atoms with Gasteiger partial charge in [0.1, 0.15) is 5.92 Å². The van der Waals surface area contributed by atoms with Crippen LogP contribution in [0, 0.1) is 25.8 Å². The quantitative estimate of drug-likeness (QED) is 0.233. The van der Waals surface area contributed by atoms with E-state index < -0.39 is 16.0 Å². The molecule has 2 aliphatic heterocycles. The first kappa shape index (κ1) is 24.5. The van der Waals surface area contributed by atoms with E-state index in [1.54, 1.807) is 12.1 Å². The summed E-state index contributed by atoms with van der Waals surface area (Å²) in [5.74, 6) is -1.13. The standard InChI is InChI=1S/C21H25N2O4.ClHO4/c1-5-26-21(27-6-2)18-16-13-14(23(24)25)10-11-15(16)19(20(21,3)4)22-12-8-7-9-17(18)22;2-1(3,4)5/h7-13,18-19H,5-6H2,1-4H3;(H,2,3,4,5)/q+1;/p-1. The van der Waals surface area contributed by atoms with Crippen molar-refractivity contribution in [2.75, 3.05) is 13.2 Å². The lowest BCUT2D eigenvalue weighted by atomic mass is 9.57. The van der Waals surface area contributed by atoms with Crippen LogP contribution in [0.1, 0.15) is 56.5 Å². The third-order valence-electron chi connectivity index (χ3n) is 6.06. The highest BCUT2D eigenvalue weighted by atomic mass is 35.7. The topological polar surface area (TPSA) is 158 Å². The van der Waals surface area contributed by atoms with Crippen LogP contribution < -0.4 is 23.2 Å². The van der Waals surface area contributed by atoms with Crippen molar-refractivity contribution < 1.29 is 47.8 Å². The number of non-ortho nitro benzene ring substituents is 1. The van der Waals surface area contributed by atoms with Gasteiger partial charge in [0.15, 0.2) is 23.7 Å². The molecular formula is C21H25ClN2O8. The Balaban J connectivity index is 0.000000523. The number of hydrogen-bond acceptors (Lipinski definition) is 8. The highest BCUT2D eigenvalue weighted by Gasteiger charge is 2.70. The Bertz CT molecular complexity index is 996. The molecule has 1 aromatic carbocycles. The van der Waals surface area contributed by atoms with Gasteiger partial charge < -0.3 is 9.47 Å². The van der Waals surface area contributed by atoms with Crippen molar-refractivity contribution in [2.24, 2.45) is 5.41 Å². The highest BCUT2D eigenvalue weighted by molar-refractivity contribution is 5.51. The van der Waals surface area contributed by atoms with Gasteiger partial charge in [-0.3, -0.25) is 10.1 Å². The van der Waals surface area contributed by atoms with Crippen molar-refractivity contribution in [3.8, 4) is 0 Å². The first-order chi connectivity index (χ1) is 14.9. The molecule has 2 aromatic rings. The summed E-state index contributed by atoms with van der Waals surface area (Å²) in [4.78, 5) is 11.1. The molecule has 11 heteroatoms. The predicted molar refractivity (Wildman–Crippen MR) is 99.5 cm³/mol. The molecule has 0 amide bonds. The molecule has 10 nitrogen and oxygen atoms in total. The van der Waals surface area contributed by atoms with Crippen molar-refractivity contribution in [1.82, 2.24) is 0 Å². The minimum Gasteiger partial charge on any atom is -0.348 e. The van der Waals surface area contributed by atoms with E-state index in [9.17, 15) is 10.1 Å². The summed E-state index contributed by atoms with van der Waals surface area (Å²) >= 11 is 0. The fourth-order valence-electron chi connectivity index (χ4n) is 5.14. The molecule has 2 unspecified atom stereocenters. The van der Waals surface area contributed by atoms with Crippen molar-refractivity contribution in [3.63, 3.8) is 0 Å². The Kier molecular flexibility index (Phi) is 6.60. The van der Waals surface area contributed by atoms with E-state index in [4.69, 9.17) is 28.1 Å². The molecule has 3 aliphatic rings. The summed E-state index contributed by atoms with van der Waals surface area (Å²) in [6.07, 6.45) is 2.08. The molecule has 5 rings (SSSR count). The number of pyridine rings is 1. The molecular weight excluding hydrogens is 444 g/mol. The van der Waals surface area contributed by atoms with Crippen LogP contribution in [0.25, 0.3) is 0 Å². The van der Waals surface area contributed by atoms with Crippen LogP contribution in [-0.2, 0) is 9.47 Å². The van der Waals surface area contributed by atoms with Gasteiger partial charge in [0.25, 0.3) is 5.69 Å². The van der Waals surface area contributed by atoms with Crippen LogP contribution in [0.3, 0.4) is 0 Å². The summed E-state index contributed by atoms with van der Waals surface area (Å²) in [6.45, 7) is 9.28. The summed E-state index contributed by atoms with van der Waals surface area (Å²) in [6, 6.07) is 11.3. The Morgan fingerprint density at radius 2 is 1.62 bits per heavy atom. The second kappa shape index (κ2) is 8.64. The SMILES string of the molecule is CCOC1(OCC)C2c3cc([N+](=O)[O-])ccc3C([n+]3ccccc32)C1(C)C.[O-][Cl+3]([O-])([O-])[O-]. The van der Waals surface area contributed by atoms with E-state index in [-0.39, 0.29) is 28.0 Å². The lowest BCUT2D eigenvalue weighted by molar-refractivity contribution is -2.00. The van der Waals surface area contributed by atoms with Crippen molar-refractivity contribution >= 4 is 5.69 Å². The van der Waals surface area contributed by atoms with E-state index in [1.807, 2.05) is 32.0 Å². The molecule has 2 atom stereocenters. The van der Waals surface area contributed by atoms with Gasteiger partial charge >= 0.3 is 0 Å². The van der Waals surface area contributed by atoms with E-state index >= 15 is 0 Å². The van der Waals surface area contributed by atoms with E-state index in [0.717, 1.165) is 16.8 Å². The highest BCUT2D eigenvalue weighted by Crippen LogP contribution is 2.62. The molecule has 1 aromatic heterocycles. The molecule has 3 heterocycles. The molecule has 0 saturated heterocycles. The van der Waals surface area contributed by atoms with E-state index in [1.165, 1.54) is 0 Å². The zero-order valence-electron chi connectivity index (χ0n) is 18.1. The largest absolute Gasteiger partial charge is 0.348 e. The van der Waals surface area contributed by atoms with Crippen LogP contribution in [0.15, 0.2) is 42.6 Å². The van der Waals surface area contributed by atoms with Gasteiger partial charge in [-0.25, -0.2) is 18.6 Å². The maximum Gasteiger partial charge on any atom is 0.269 e. The predicted octanol–water partition coefficient (Wildman–Crippen LogP) is -1.03. The Morgan fingerprint density at radius 1 is 1.03 bits per heavy atom. The molecule has 0 N–H and O–H groups in total. The smallest absolute Gasteiger partial charge is 0.269 e. The normalized spacial score (nSPS) is 21.8. The number of fused-ring (bicyclic) bond motifs is 1. The third-order valence-corrected chi connectivity index (χ3v) is 6.06. The van der Waals surface area contributed by atoms with Crippen molar-refractivity contribution in [1.29, 1.82) is 0 Å². The average molecular weight is 469 g/mol. The number of hydrogen-bond donors (Lipinski definition) is 0. The van der Waals surface area contributed by atoms with Crippen molar-refractivity contribution in [2.45, 2.75) is 45.4 Å². The number of nitro groups is 1. The van der Waals surface area contributed by atoms with Gasteiger partial charge in [-0.15, -0.1) is 10.2 Å². The fourth-order valence-corrected chi connectivity index (χ4v) is 5.14. The zero-order chi connectivity index (χ0) is 23.9. The van der Waals surface area contributed by atoms with Crippen LogP contribution in [-0.4, -0.2) is 23.9 Å². The number of aromatic nitrogens is 1. The van der Waals surface area contributed by atoms with Gasteiger partial charge in [0.2, 0.25) is 0 Å². The van der Waals surface area contributed by atoms with Gasteiger partial charge in [-0.1, -0.05) is 6.07 Å². The number of halogens is 1. The minimum absolute atomic E-state index is 0.0346. The summed E-state index contributed by atoms with van der Waals surface area (Å²) < 4.78 is 49.0. The lowest BCUT2D eigenvalue weighted by Gasteiger charge is -2.57. The number of ether oxygens (including phenoxy) is 2. The van der Waals surface area contributed by atoms with Gasteiger partial charge in [-0.05, 0) is 39.3 Å². The second-order valence-corrected chi connectivity index (χ2v) is 8.83. The third kappa shape index (κ3) is 3.99. The molecule has 0 saturated carbocycles. The monoisotopic (exact) mass is 468 g/mol. The van der Waals surface area contributed by atoms with Crippen LogP contribution in [0.2, 0.25) is 0 Å². The van der Waals surface area contributed by atoms with Gasteiger partial charge in [0, 0.05) is 43.0 Å².